The van der Waals surface area contributed by atoms with E-state index in [9.17, 15) is 14.4 Å². The molecule has 3 aromatic rings. The molecule has 7 heteroatoms. The highest BCUT2D eigenvalue weighted by atomic mass is 16.5. The van der Waals surface area contributed by atoms with Gasteiger partial charge in [0.25, 0.3) is 5.91 Å². The number of benzene rings is 3. The summed E-state index contributed by atoms with van der Waals surface area (Å²) in [4.78, 5) is 39.2. The lowest BCUT2D eigenvalue weighted by molar-refractivity contribution is -0.126. The van der Waals surface area contributed by atoms with E-state index in [0.717, 1.165) is 16.8 Å². The quantitative estimate of drug-likeness (QED) is 0.443. The molecule has 3 aromatic carbocycles. The number of amides is 3. The third kappa shape index (κ3) is 6.76. The Kier molecular flexibility index (Phi) is 8.23. The van der Waals surface area contributed by atoms with Crippen LogP contribution < -0.4 is 20.3 Å². The normalized spacial score (nSPS) is 15.1. The van der Waals surface area contributed by atoms with Crippen LogP contribution in [0, 0.1) is 12.8 Å². The van der Waals surface area contributed by atoms with Crippen LogP contribution in [0.25, 0.3) is 0 Å². The first-order chi connectivity index (χ1) is 17.8. The van der Waals surface area contributed by atoms with E-state index in [0.29, 0.717) is 30.4 Å². The van der Waals surface area contributed by atoms with Gasteiger partial charge in [-0.2, -0.15) is 0 Å². The average Bonchev–Trinajstić information content (AvgIpc) is 3.29. The highest BCUT2D eigenvalue weighted by Gasteiger charge is 2.35. The molecular formula is C30H33N3O4. The van der Waals surface area contributed by atoms with Crippen LogP contribution in [-0.2, 0) is 20.9 Å². The minimum absolute atomic E-state index is 0.0901. The maximum Gasteiger partial charge on any atom is 0.262 e. The summed E-state index contributed by atoms with van der Waals surface area (Å²) in [6.45, 7) is 6.85. The Morgan fingerprint density at radius 2 is 1.70 bits per heavy atom. The summed E-state index contributed by atoms with van der Waals surface area (Å²) in [7, 11) is 0. The maximum atomic E-state index is 12.7. The summed E-state index contributed by atoms with van der Waals surface area (Å²) in [5.41, 5.74) is 4.71. The molecule has 1 atom stereocenters. The first-order valence-electron chi connectivity index (χ1n) is 12.6. The van der Waals surface area contributed by atoms with Crippen molar-refractivity contribution in [2.75, 3.05) is 23.4 Å². The molecule has 0 saturated carbocycles. The Morgan fingerprint density at radius 3 is 2.38 bits per heavy atom. The molecule has 3 amide bonds. The van der Waals surface area contributed by atoms with Gasteiger partial charge in [0.15, 0.2) is 6.61 Å². The fourth-order valence-electron chi connectivity index (χ4n) is 4.26. The molecule has 0 unspecified atom stereocenters. The third-order valence-electron chi connectivity index (χ3n) is 6.55. The van der Waals surface area contributed by atoms with Crippen molar-refractivity contribution in [3.8, 4) is 5.75 Å². The average molecular weight is 500 g/mol. The number of hydrogen-bond acceptors (Lipinski definition) is 4. The molecule has 4 rings (SSSR count). The van der Waals surface area contributed by atoms with Crippen LogP contribution in [0.2, 0.25) is 0 Å². The Labute approximate surface area is 217 Å². The highest BCUT2D eigenvalue weighted by Crippen LogP contribution is 2.27. The number of rotatable bonds is 9. The van der Waals surface area contributed by atoms with Crippen LogP contribution in [0.3, 0.4) is 0 Å². The SMILES string of the molecule is Cc1ccccc1NC(=O)COc1ccc(N2C[C@H](C(=O)NCc3ccc(C(C)C)cc3)CC2=O)cc1. The zero-order chi connectivity index (χ0) is 26.4. The molecule has 0 radical (unpaired) electrons. The molecule has 1 heterocycles. The number of carbonyl (C=O) groups excluding carboxylic acids is 3. The number of ether oxygens (including phenoxy) is 1. The van der Waals surface area contributed by atoms with E-state index in [4.69, 9.17) is 4.74 Å². The number of para-hydroxylation sites is 1. The third-order valence-corrected chi connectivity index (χ3v) is 6.55. The van der Waals surface area contributed by atoms with Crippen molar-refractivity contribution in [1.29, 1.82) is 0 Å². The van der Waals surface area contributed by atoms with Crippen molar-refractivity contribution in [2.24, 2.45) is 5.92 Å². The summed E-state index contributed by atoms with van der Waals surface area (Å²) in [5.74, 6) is 0.119. The second-order valence-corrected chi connectivity index (χ2v) is 9.67. The maximum absolute atomic E-state index is 12.7. The monoisotopic (exact) mass is 499 g/mol. The van der Waals surface area contributed by atoms with E-state index >= 15 is 0 Å². The Morgan fingerprint density at radius 1 is 1.00 bits per heavy atom. The summed E-state index contributed by atoms with van der Waals surface area (Å²) in [6.07, 6.45) is 0.176. The van der Waals surface area contributed by atoms with Crippen LogP contribution in [0.5, 0.6) is 5.75 Å². The fraction of sp³-hybridized carbons (Fsp3) is 0.300. The van der Waals surface area contributed by atoms with Gasteiger partial charge in [-0.1, -0.05) is 56.3 Å². The van der Waals surface area contributed by atoms with Gasteiger partial charge in [0, 0.05) is 30.9 Å². The van der Waals surface area contributed by atoms with Crippen LogP contribution in [0.15, 0.2) is 72.8 Å². The summed E-state index contributed by atoms with van der Waals surface area (Å²) in [6, 6.07) is 22.7. The van der Waals surface area contributed by atoms with E-state index in [1.165, 1.54) is 5.56 Å². The molecule has 1 aliphatic heterocycles. The molecule has 2 N–H and O–H groups in total. The standard InChI is InChI=1S/C30H33N3O4/c1-20(2)23-10-8-22(9-11-23)17-31-30(36)24-16-29(35)33(18-24)25-12-14-26(15-13-25)37-19-28(34)32-27-7-5-4-6-21(27)3/h4-15,20,24H,16-19H2,1-3H3,(H,31,36)(H,32,34)/t24-/m1/s1. The number of carbonyl (C=O) groups is 3. The Hall–Kier alpha value is -4.13. The van der Waals surface area contributed by atoms with Crippen LogP contribution in [0.1, 0.15) is 42.9 Å². The number of aryl methyl sites for hydroxylation is 1. The number of hydrogen-bond donors (Lipinski definition) is 2. The van der Waals surface area contributed by atoms with Gasteiger partial charge in [-0.3, -0.25) is 14.4 Å². The van der Waals surface area contributed by atoms with Gasteiger partial charge in [0.1, 0.15) is 5.75 Å². The molecule has 1 aliphatic rings. The first-order valence-corrected chi connectivity index (χ1v) is 12.6. The highest BCUT2D eigenvalue weighted by molar-refractivity contribution is 6.00. The van der Waals surface area contributed by atoms with Crippen molar-refractivity contribution < 1.29 is 19.1 Å². The van der Waals surface area contributed by atoms with Gasteiger partial charge >= 0.3 is 0 Å². The van der Waals surface area contributed by atoms with Gasteiger partial charge in [-0.05, 0) is 59.9 Å². The second kappa shape index (κ2) is 11.7. The van der Waals surface area contributed by atoms with Gasteiger partial charge < -0.3 is 20.3 Å². The predicted molar refractivity (Wildman–Crippen MR) is 145 cm³/mol. The van der Waals surface area contributed by atoms with Crippen molar-refractivity contribution in [1.82, 2.24) is 5.32 Å². The summed E-state index contributed by atoms with van der Waals surface area (Å²) in [5, 5.41) is 5.79. The van der Waals surface area contributed by atoms with E-state index in [1.807, 2.05) is 43.3 Å². The Balaban J connectivity index is 1.26. The summed E-state index contributed by atoms with van der Waals surface area (Å²) < 4.78 is 5.60. The fourth-order valence-corrected chi connectivity index (χ4v) is 4.26. The lowest BCUT2D eigenvalue weighted by Gasteiger charge is -2.17. The van der Waals surface area contributed by atoms with Gasteiger partial charge in [-0.25, -0.2) is 0 Å². The smallest absolute Gasteiger partial charge is 0.262 e. The minimum atomic E-state index is -0.400. The number of nitrogens with zero attached hydrogens (tertiary/aromatic N) is 1. The van der Waals surface area contributed by atoms with Gasteiger partial charge in [-0.15, -0.1) is 0 Å². The van der Waals surface area contributed by atoms with Crippen molar-refractivity contribution in [3.63, 3.8) is 0 Å². The molecule has 0 spiro atoms. The number of nitrogens with one attached hydrogen (secondary N) is 2. The molecule has 7 nitrogen and oxygen atoms in total. The zero-order valence-electron chi connectivity index (χ0n) is 21.5. The molecular weight excluding hydrogens is 466 g/mol. The van der Waals surface area contributed by atoms with Crippen LogP contribution in [0.4, 0.5) is 11.4 Å². The van der Waals surface area contributed by atoms with Gasteiger partial charge in [0.2, 0.25) is 11.8 Å². The van der Waals surface area contributed by atoms with Crippen molar-refractivity contribution in [3.05, 3.63) is 89.5 Å². The molecule has 0 aliphatic carbocycles. The minimum Gasteiger partial charge on any atom is -0.484 e. The van der Waals surface area contributed by atoms with Gasteiger partial charge in [0.05, 0.1) is 5.92 Å². The van der Waals surface area contributed by atoms with Crippen LogP contribution >= 0.6 is 0 Å². The predicted octanol–water partition coefficient (Wildman–Crippen LogP) is 4.81. The molecule has 1 fully saturated rings. The second-order valence-electron chi connectivity index (χ2n) is 9.67. The topological polar surface area (TPSA) is 87.7 Å². The zero-order valence-corrected chi connectivity index (χ0v) is 21.5. The number of anilines is 2. The van der Waals surface area contributed by atoms with E-state index in [-0.39, 0.29) is 30.7 Å². The summed E-state index contributed by atoms with van der Waals surface area (Å²) >= 11 is 0. The molecule has 0 aromatic heterocycles. The molecule has 37 heavy (non-hydrogen) atoms. The van der Waals surface area contributed by atoms with Crippen LogP contribution in [-0.4, -0.2) is 30.9 Å². The Bertz CT molecular complexity index is 1250. The van der Waals surface area contributed by atoms with E-state index in [1.54, 1.807) is 29.2 Å². The molecule has 1 saturated heterocycles. The van der Waals surface area contributed by atoms with E-state index in [2.05, 4.69) is 36.6 Å². The van der Waals surface area contributed by atoms with Crippen molar-refractivity contribution in [2.45, 2.75) is 39.7 Å². The first kappa shape index (κ1) is 25.9. The van der Waals surface area contributed by atoms with Crippen molar-refractivity contribution >= 4 is 29.1 Å². The molecule has 0 bridgehead atoms. The largest absolute Gasteiger partial charge is 0.484 e. The lowest BCUT2D eigenvalue weighted by Crippen LogP contribution is -2.32. The lowest BCUT2D eigenvalue weighted by atomic mass is 10.0. The van der Waals surface area contributed by atoms with E-state index < -0.39 is 5.92 Å². The molecule has 192 valence electrons.